The van der Waals surface area contributed by atoms with Crippen molar-refractivity contribution in [1.82, 2.24) is 40.7 Å². The van der Waals surface area contributed by atoms with Crippen molar-refractivity contribution in [3.8, 4) is 16.2 Å². The lowest BCUT2D eigenvalue weighted by molar-refractivity contribution is -0.145. The highest BCUT2D eigenvalue weighted by Crippen LogP contribution is 2.42. The largest absolute Gasteiger partial charge is 0.490 e. The molecule has 0 unspecified atom stereocenters. The molecule has 2 aliphatic carbocycles. The van der Waals surface area contributed by atoms with Gasteiger partial charge in [0.15, 0.2) is 5.67 Å². The minimum Gasteiger partial charge on any atom is -0.490 e. The molecule has 9 rings (SSSR count). The van der Waals surface area contributed by atoms with Crippen LogP contribution in [0.25, 0.3) is 10.4 Å². The Morgan fingerprint density at radius 3 is 2.33 bits per heavy atom. The number of alkyl carbamates (subject to hydrolysis) is 1. The molecule has 4 amide bonds. The molecule has 4 aromatic rings. The monoisotopic (exact) mass is 1140 g/mol. The third-order valence-corrected chi connectivity index (χ3v) is 18.4. The van der Waals surface area contributed by atoms with Gasteiger partial charge in [-0.3, -0.25) is 19.3 Å². The van der Waals surface area contributed by atoms with Crippen molar-refractivity contribution in [2.45, 2.75) is 171 Å². The van der Waals surface area contributed by atoms with Gasteiger partial charge in [0.25, 0.3) is 5.91 Å². The molecule has 428 valence electrons. The molecule has 0 bridgehead atoms. The van der Waals surface area contributed by atoms with Crippen LogP contribution in [-0.2, 0) is 25.7 Å². The standard InChI is InChI=1S/C58H78ClFN10O7S2/c1-35-49(78-34-65-35)37-14-15-38(26-63-51(72)43-25-40(71)32-70(43)52(73)50(55(2,3)4)67-53(74)58(60)18-19-58)44(24-37)76-41-16-12-36(13-17-41)29-68-30-39(31-68)66-42-10-9-11-45(48(42)59)79-47-28-61-46(27-62-47)69-22-20-57(8,21-23-69)33-64-54(75)77-56(5,6)7/h9-11,14-15,24,27-28,34,36,39-41,43,50,66,71H,12-13,16-23,25-26,29-33H2,1-8H3,(H,63,72)(H,64,75)(H,67,74)/t36?,40-,41?,43+,50-/m1/s1. The minimum absolute atomic E-state index is 0.0127. The van der Waals surface area contributed by atoms with Crippen LogP contribution in [0.2, 0.25) is 5.02 Å². The summed E-state index contributed by atoms with van der Waals surface area (Å²) in [6, 6.07) is 10.3. The summed E-state index contributed by atoms with van der Waals surface area (Å²) in [7, 11) is 0. The molecule has 79 heavy (non-hydrogen) atoms. The fourth-order valence-corrected chi connectivity index (χ4v) is 12.8. The van der Waals surface area contributed by atoms with Gasteiger partial charge in [-0.2, -0.15) is 0 Å². The van der Waals surface area contributed by atoms with Crippen molar-refractivity contribution in [2.24, 2.45) is 16.7 Å². The Kier molecular flexibility index (Phi) is 17.8. The van der Waals surface area contributed by atoms with E-state index >= 15 is 0 Å². The van der Waals surface area contributed by atoms with Gasteiger partial charge in [0, 0.05) is 69.2 Å². The van der Waals surface area contributed by atoms with Crippen LogP contribution in [0.4, 0.5) is 20.7 Å². The highest BCUT2D eigenvalue weighted by molar-refractivity contribution is 7.99. The average molecular weight is 1150 g/mol. The zero-order chi connectivity index (χ0) is 56.4. The topological polar surface area (TPSA) is 203 Å². The Morgan fingerprint density at radius 1 is 0.949 bits per heavy atom. The Balaban J connectivity index is 0.735. The molecule has 2 aromatic heterocycles. The number of aromatic nitrogens is 3. The predicted molar refractivity (Wildman–Crippen MR) is 306 cm³/mol. The van der Waals surface area contributed by atoms with Gasteiger partial charge in [-0.15, -0.1) is 11.3 Å². The second-order valence-corrected chi connectivity index (χ2v) is 27.1. The summed E-state index contributed by atoms with van der Waals surface area (Å²) >= 11 is 10.1. The van der Waals surface area contributed by atoms with Crippen LogP contribution in [-0.4, -0.2) is 141 Å². The fourth-order valence-electron chi connectivity index (χ4n) is 10.9. The number of nitrogens with zero attached hydrogens (tertiary/aromatic N) is 6. The number of aliphatic hydroxyl groups is 1. The van der Waals surface area contributed by atoms with Crippen LogP contribution in [0.1, 0.15) is 118 Å². The maximum atomic E-state index is 14.7. The first kappa shape index (κ1) is 58.4. The van der Waals surface area contributed by atoms with Crippen molar-refractivity contribution in [3.05, 3.63) is 70.6 Å². The first-order chi connectivity index (χ1) is 37.4. The van der Waals surface area contributed by atoms with E-state index in [0.717, 1.165) is 114 Å². The molecular formula is C58H78ClFN10O7S2. The molecular weight excluding hydrogens is 1070 g/mol. The average Bonchev–Trinajstić information content (AvgIpc) is 3.90. The van der Waals surface area contributed by atoms with E-state index < -0.39 is 52.6 Å². The number of anilines is 2. The van der Waals surface area contributed by atoms with Gasteiger partial charge >= 0.3 is 6.09 Å². The van der Waals surface area contributed by atoms with Gasteiger partial charge in [0.1, 0.15) is 34.3 Å². The van der Waals surface area contributed by atoms with E-state index in [0.29, 0.717) is 23.2 Å². The number of halogens is 2. The molecule has 21 heteroatoms. The lowest BCUT2D eigenvalue weighted by atomic mass is 9.80. The van der Waals surface area contributed by atoms with Gasteiger partial charge in [-0.05, 0) is 120 Å². The van der Waals surface area contributed by atoms with Crippen molar-refractivity contribution in [3.63, 3.8) is 0 Å². The van der Waals surface area contributed by atoms with E-state index in [-0.39, 0.29) is 56.0 Å². The van der Waals surface area contributed by atoms with Crippen LogP contribution in [0.3, 0.4) is 0 Å². The number of alkyl halides is 1. The number of carbonyl (C=O) groups excluding carboxylic acids is 4. The molecule has 5 heterocycles. The summed E-state index contributed by atoms with van der Waals surface area (Å²) in [4.78, 5) is 75.0. The highest BCUT2D eigenvalue weighted by atomic mass is 35.5. The van der Waals surface area contributed by atoms with Crippen LogP contribution in [0.5, 0.6) is 5.75 Å². The number of piperidine rings is 1. The molecule has 5 fully saturated rings. The smallest absolute Gasteiger partial charge is 0.407 e. The maximum absolute atomic E-state index is 14.7. The molecule has 17 nitrogen and oxygen atoms in total. The number of hydrogen-bond donors (Lipinski definition) is 5. The lowest BCUT2D eigenvalue weighted by Gasteiger charge is -2.43. The molecule has 3 atom stereocenters. The highest BCUT2D eigenvalue weighted by Gasteiger charge is 2.53. The SMILES string of the molecule is Cc1ncsc1-c1ccc(CNC(=O)[C@@H]2C[C@@H](O)CN2C(=O)[C@@H](NC(=O)C2(F)CC2)C(C)(C)C)c(OC2CCC(CN3CC(Nc4cccc(Sc5cnc(N6CCC(C)(CNC(=O)OC(C)(C)C)CC6)cn5)c4Cl)C3)CC2)c1. The number of rotatable bonds is 18. The normalized spacial score (nSPS) is 22.6. The van der Waals surface area contributed by atoms with E-state index in [1.165, 1.54) is 16.7 Å². The van der Waals surface area contributed by atoms with Gasteiger partial charge in [-0.1, -0.05) is 69.3 Å². The molecule has 2 aromatic carbocycles. The zero-order valence-electron chi connectivity index (χ0n) is 46.8. The quantitative estimate of drug-likeness (QED) is 0.0631. The number of carbonyl (C=O) groups is 4. The van der Waals surface area contributed by atoms with E-state index in [1.54, 1.807) is 38.3 Å². The number of nitrogens with one attached hydrogen (secondary N) is 4. The third kappa shape index (κ3) is 14.8. The number of amides is 4. The summed E-state index contributed by atoms with van der Waals surface area (Å²) in [5.74, 6) is 0.274. The maximum Gasteiger partial charge on any atom is 0.407 e. The second-order valence-electron chi connectivity index (χ2n) is 24.8. The lowest BCUT2D eigenvalue weighted by Crippen LogP contribution is -2.59. The van der Waals surface area contributed by atoms with Crippen LogP contribution in [0, 0.1) is 23.7 Å². The van der Waals surface area contributed by atoms with Gasteiger partial charge in [0.2, 0.25) is 11.8 Å². The minimum atomic E-state index is -1.97. The number of likely N-dealkylation sites (tertiary alicyclic amines) is 2. The fraction of sp³-hybridized carbons (Fsp3) is 0.603. The third-order valence-electron chi connectivity index (χ3n) is 15.9. The van der Waals surface area contributed by atoms with Crippen molar-refractivity contribution in [1.29, 1.82) is 0 Å². The molecule has 3 saturated heterocycles. The first-order valence-corrected chi connectivity index (χ1v) is 29.9. The molecule has 3 aliphatic heterocycles. The van der Waals surface area contributed by atoms with E-state index in [2.05, 4.69) is 43.0 Å². The second kappa shape index (κ2) is 24.0. The Labute approximate surface area is 477 Å². The van der Waals surface area contributed by atoms with Crippen LogP contribution >= 0.6 is 34.7 Å². The van der Waals surface area contributed by atoms with E-state index in [9.17, 15) is 28.7 Å². The number of aliphatic hydroxyl groups excluding tert-OH is 1. The number of ether oxygens (including phenoxy) is 2. The Morgan fingerprint density at radius 2 is 1.68 bits per heavy atom. The molecule has 5 N–H and O–H groups in total. The number of benzene rings is 2. The number of β-amino-alcohol motifs (C(OH)–C–C–N with tert-alkyl or cyclic N) is 1. The number of thiazole rings is 1. The summed E-state index contributed by atoms with van der Waals surface area (Å²) in [5, 5.41) is 24.4. The first-order valence-electron chi connectivity index (χ1n) is 27.9. The van der Waals surface area contributed by atoms with Crippen LogP contribution in [0.15, 0.2) is 64.2 Å². The van der Waals surface area contributed by atoms with E-state index in [1.807, 2.05) is 75.8 Å². The van der Waals surface area contributed by atoms with Crippen LogP contribution < -0.4 is 30.9 Å². The van der Waals surface area contributed by atoms with Crippen molar-refractivity contribution < 1.29 is 38.1 Å². The molecule has 5 aliphatic rings. The van der Waals surface area contributed by atoms with Crippen molar-refractivity contribution in [2.75, 3.05) is 56.0 Å². The van der Waals surface area contributed by atoms with Gasteiger partial charge in [0.05, 0.1) is 57.4 Å². The number of hydrogen-bond acceptors (Lipinski definition) is 15. The van der Waals surface area contributed by atoms with Gasteiger partial charge in [-0.25, -0.2) is 24.1 Å². The molecule has 0 spiro atoms. The molecule has 2 saturated carbocycles. The summed E-state index contributed by atoms with van der Waals surface area (Å²) < 4.78 is 27.0. The van der Waals surface area contributed by atoms with Crippen molar-refractivity contribution >= 4 is 70.0 Å². The number of aryl methyl sites for hydroxylation is 1. The summed E-state index contributed by atoms with van der Waals surface area (Å²) in [5.41, 5.74) is 2.10. The summed E-state index contributed by atoms with van der Waals surface area (Å²) in [6.07, 6.45) is 8.22. The Hall–Kier alpha value is -5.28. The predicted octanol–water partition coefficient (Wildman–Crippen LogP) is 9.19. The van der Waals surface area contributed by atoms with E-state index in [4.69, 9.17) is 31.0 Å². The summed E-state index contributed by atoms with van der Waals surface area (Å²) in [6.45, 7) is 20.2. The Bertz CT molecular complexity index is 2820. The van der Waals surface area contributed by atoms with Gasteiger partial charge < -0.3 is 45.6 Å². The molecule has 0 radical (unpaired) electrons. The zero-order valence-corrected chi connectivity index (χ0v) is 49.2.